The Bertz CT molecular complexity index is 394. The maximum absolute atomic E-state index is 11.7. The molecule has 104 valence electrons. The van der Waals surface area contributed by atoms with E-state index in [-0.39, 0.29) is 12.1 Å². The number of carbonyl (C=O) groups is 1. The zero-order valence-corrected chi connectivity index (χ0v) is 11.4. The van der Waals surface area contributed by atoms with Crippen LogP contribution in [0.1, 0.15) is 31.2 Å². The van der Waals surface area contributed by atoms with E-state index < -0.39 is 0 Å². The van der Waals surface area contributed by atoms with Gasteiger partial charge in [0.05, 0.1) is 12.6 Å². The zero-order chi connectivity index (χ0) is 13.5. The molecule has 1 aromatic carbocycles. The molecule has 1 aliphatic rings. The van der Waals surface area contributed by atoms with Crippen molar-refractivity contribution in [3.05, 3.63) is 35.9 Å². The van der Waals surface area contributed by atoms with Crippen LogP contribution >= 0.6 is 0 Å². The van der Waals surface area contributed by atoms with Crippen LogP contribution in [0.4, 0.5) is 4.79 Å². The fraction of sp³-hybridized carbons (Fsp3) is 0.533. The molecule has 1 aliphatic heterocycles. The van der Waals surface area contributed by atoms with Gasteiger partial charge in [0.15, 0.2) is 0 Å². The van der Waals surface area contributed by atoms with E-state index in [1.165, 1.54) is 5.56 Å². The number of alkyl carbamates (subject to hydrolysis) is 1. The summed E-state index contributed by atoms with van der Waals surface area (Å²) in [7, 11) is 0. The van der Waals surface area contributed by atoms with Crippen molar-refractivity contribution < 1.29 is 9.53 Å². The summed E-state index contributed by atoms with van der Waals surface area (Å²) in [5.41, 5.74) is 1.26. The number of amides is 1. The van der Waals surface area contributed by atoms with Crippen LogP contribution in [0.2, 0.25) is 0 Å². The van der Waals surface area contributed by atoms with E-state index in [0.29, 0.717) is 12.5 Å². The third-order valence-corrected chi connectivity index (χ3v) is 3.48. The predicted molar refractivity (Wildman–Crippen MR) is 75.2 cm³/mol. The van der Waals surface area contributed by atoms with Crippen molar-refractivity contribution in [3.8, 4) is 0 Å². The van der Waals surface area contributed by atoms with Gasteiger partial charge in [0.25, 0.3) is 0 Å². The van der Waals surface area contributed by atoms with Crippen LogP contribution in [0.5, 0.6) is 0 Å². The van der Waals surface area contributed by atoms with Gasteiger partial charge < -0.3 is 15.4 Å². The molecule has 1 saturated heterocycles. The minimum Gasteiger partial charge on any atom is -0.450 e. The number of rotatable bonds is 5. The first-order valence-corrected chi connectivity index (χ1v) is 7.00. The summed E-state index contributed by atoms with van der Waals surface area (Å²) in [6.07, 6.45) is 1.65. The van der Waals surface area contributed by atoms with Crippen LogP contribution < -0.4 is 10.6 Å². The van der Waals surface area contributed by atoms with Gasteiger partial charge in [-0.2, -0.15) is 0 Å². The molecule has 0 spiro atoms. The Morgan fingerprint density at radius 1 is 1.37 bits per heavy atom. The predicted octanol–water partition coefficient (Wildman–Crippen LogP) is 2.27. The molecule has 4 heteroatoms. The highest BCUT2D eigenvalue weighted by Crippen LogP contribution is 2.22. The normalized spacial score (nSPS) is 22.2. The van der Waals surface area contributed by atoms with E-state index in [1.807, 2.05) is 18.2 Å². The van der Waals surface area contributed by atoms with Gasteiger partial charge in [0.1, 0.15) is 0 Å². The first-order valence-electron chi connectivity index (χ1n) is 7.00. The summed E-state index contributed by atoms with van der Waals surface area (Å²) < 4.78 is 5.15. The Morgan fingerprint density at radius 3 is 2.89 bits per heavy atom. The van der Waals surface area contributed by atoms with E-state index in [9.17, 15) is 4.79 Å². The summed E-state index contributed by atoms with van der Waals surface area (Å²) in [5.74, 6) is 0.319. The molecule has 0 radical (unpaired) electrons. The first kappa shape index (κ1) is 13.9. The highest BCUT2D eigenvalue weighted by Gasteiger charge is 2.29. The van der Waals surface area contributed by atoms with E-state index in [4.69, 9.17) is 4.74 Å². The summed E-state index contributed by atoms with van der Waals surface area (Å²) in [6, 6.07) is 10.4. The molecule has 0 saturated carbocycles. The highest BCUT2D eigenvalue weighted by molar-refractivity contribution is 5.67. The lowest BCUT2D eigenvalue weighted by Gasteiger charge is -2.20. The van der Waals surface area contributed by atoms with Crippen LogP contribution in [0.3, 0.4) is 0 Å². The van der Waals surface area contributed by atoms with Crippen LogP contribution in [-0.2, 0) is 4.74 Å². The van der Waals surface area contributed by atoms with E-state index >= 15 is 0 Å². The Morgan fingerprint density at radius 2 is 2.16 bits per heavy atom. The topological polar surface area (TPSA) is 50.4 Å². The first-order chi connectivity index (χ1) is 9.31. The minimum absolute atomic E-state index is 0.108. The van der Waals surface area contributed by atoms with Crippen molar-refractivity contribution >= 4 is 6.09 Å². The molecule has 0 aromatic heterocycles. The van der Waals surface area contributed by atoms with Crippen LogP contribution in [-0.4, -0.2) is 31.8 Å². The molecule has 1 amide bonds. The summed E-state index contributed by atoms with van der Waals surface area (Å²) in [5, 5.41) is 6.29. The molecule has 1 fully saturated rings. The summed E-state index contributed by atoms with van der Waals surface area (Å²) in [4.78, 5) is 11.7. The fourth-order valence-electron chi connectivity index (χ4n) is 2.38. The Hall–Kier alpha value is -1.55. The summed E-state index contributed by atoms with van der Waals surface area (Å²) in [6.45, 7) is 4.26. The number of unbranched alkanes of at least 4 members (excludes halogenated alkanes) is 1. The molecule has 0 aliphatic carbocycles. The molecule has 1 heterocycles. The van der Waals surface area contributed by atoms with E-state index in [1.54, 1.807) is 0 Å². The van der Waals surface area contributed by atoms with Gasteiger partial charge in [-0.25, -0.2) is 4.79 Å². The molecule has 2 rings (SSSR count). The van der Waals surface area contributed by atoms with Gasteiger partial charge in [0, 0.05) is 19.0 Å². The monoisotopic (exact) mass is 262 g/mol. The van der Waals surface area contributed by atoms with Gasteiger partial charge in [0.2, 0.25) is 0 Å². The SMILES string of the molecule is CCCCOC(=O)NC1CNCC1c1ccccc1. The Labute approximate surface area is 114 Å². The van der Waals surface area contributed by atoms with Crippen LogP contribution in [0.25, 0.3) is 0 Å². The van der Waals surface area contributed by atoms with Crippen molar-refractivity contribution in [2.24, 2.45) is 0 Å². The Kier molecular flexibility index (Phi) is 5.21. The number of carbonyl (C=O) groups excluding carboxylic acids is 1. The number of hydrogen-bond donors (Lipinski definition) is 2. The molecule has 2 atom stereocenters. The third kappa shape index (κ3) is 3.96. The molecular formula is C15H22N2O2. The maximum atomic E-state index is 11.7. The Balaban J connectivity index is 1.87. The van der Waals surface area contributed by atoms with Gasteiger partial charge >= 0.3 is 6.09 Å². The third-order valence-electron chi connectivity index (χ3n) is 3.48. The van der Waals surface area contributed by atoms with Crippen LogP contribution in [0.15, 0.2) is 30.3 Å². The number of nitrogens with one attached hydrogen (secondary N) is 2. The molecule has 2 unspecified atom stereocenters. The van der Waals surface area contributed by atoms with Crippen molar-refractivity contribution in [1.82, 2.24) is 10.6 Å². The average molecular weight is 262 g/mol. The zero-order valence-electron chi connectivity index (χ0n) is 11.4. The second kappa shape index (κ2) is 7.14. The van der Waals surface area contributed by atoms with Crippen molar-refractivity contribution in [3.63, 3.8) is 0 Å². The molecule has 19 heavy (non-hydrogen) atoms. The van der Waals surface area contributed by atoms with E-state index in [2.05, 4.69) is 29.7 Å². The lowest BCUT2D eigenvalue weighted by molar-refractivity contribution is 0.140. The molecule has 4 nitrogen and oxygen atoms in total. The number of ether oxygens (including phenoxy) is 1. The van der Waals surface area contributed by atoms with Crippen molar-refractivity contribution in [2.75, 3.05) is 19.7 Å². The van der Waals surface area contributed by atoms with Gasteiger partial charge in [-0.3, -0.25) is 0 Å². The second-order valence-electron chi connectivity index (χ2n) is 4.92. The smallest absolute Gasteiger partial charge is 0.407 e. The lowest BCUT2D eigenvalue weighted by atomic mass is 9.94. The highest BCUT2D eigenvalue weighted by atomic mass is 16.5. The van der Waals surface area contributed by atoms with E-state index in [0.717, 1.165) is 25.9 Å². The molecule has 2 N–H and O–H groups in total. The number of hydrogen-bond acceptors (Lipinski definition) is 3. The average Bonchev–Trinajstić information content (AvgIpc) is 2.88. The van der Waals surface area contributed by atoms with Gasteiger partial charge in [-0.1, -0.05) is 43.7 Å². The largest absolute Gasteiger partial charge is 0.450 e. The minimum atomic E-state index is -0.303. The van der Waals surface area contributed by atoms with Crippen LogP contribution in [0, 0.1) is 0 Å². The van der Waals surface area contributed by atoms with Crippen molar-refractivity contribution in [2.45, 2.75) is 31.7 Å². The standard InChI is InChI=1S/C15H22N2O2/c1-2-3-9-19-15(18)17-14-11-16-10-13(14)12-7-5-4-6-8-12/h4-8,13-14,16H,2-3,9-11H2,1H3,(H,17,18). The second-order valence-corrected chi connectivity index (χ2v) is 4.92. The lowest BCUT2D eigenvalue weighted by Crippen LogP contribution is -2.39. The summed E-state index contributed by atoms with van der Waals surface area (Å²) >= 11 is 0. The van der Waals surface area contributed by atoms with Crippen molar-refractivity contribution in [1.29, 1.82) is 0 Å². The number of benzene rings is 1. The quantitative estimate of drug-likeness (QED) is 0.800. The molecule has 1 aromatic rings. The van der Waals surface area contributed by atoms with Gasteiger partial charge in [-0.05, 0) is 12.0 Å². The molecular weight excluding hydrogens is 240 g/mol. The molecule has 0 bridgehead atoms. The van der Waals surface area contributed by atoms with Gasteiger partial charge in [-0.15, -0.1) is 0 Å². The fourth-order valence-corrected chi connectivity index (χ4v) is 2.38. The maximum Gasteiger partial charge on any atom is 0.407 e.